The lowest BCUT2D eigenvalue weighted by Gasteiger charge is -2.19. The van der Waals surface area contributed by atoms with E-state index in [2.05, 4.69) is 6.58 Å². The second-order valence-electron chi connectivity index (χ2n) is 7.14. The largest absolute Gasteiger partial charge is 0.491 e. The minimum atomic E-state index is -0.0942. The van der Waals surface area contributed by atoms with Crippen LogP contribution in [0.4, 0.5) is 5.69 Å². The Balaban J connectivity index is 2.41. The third kappa shape index (κ3) is 6.02. The molecule has 2 N–H and O–H groups in total. The highest BCUT2D eigenvalue weighted by Crippen LogP contribution is 2.32. The number of anilines is 1. The van der Waals surface area contributed by atoms with Gasteiger partial charge in [-0.15, -0.1) is 6.58 Å². The van der Waals surface area contributed by atoms with Crippen molar-refractivity contribution < 1.29 is 14.3 Å². The molecule has 4 heteroatoms. The number of nitrogens with two attached hydrogens (primary N) is 1. The zero-order chi connectivity index (χ0) is 20.7. The summed E-state index contributed by atoms with van der Waals surface area (Å²) in [7, 11) is 0. The van der Waals surface area contributed by atoms with Crippen molar-refractivity contribution in [2.75, 3.05) is 5.73 Å². The molecule has 4 nitrogen and oxygen atoms in total. The van der Waals surface area contributed by atoms with Gasteiger partial charge in [-0.1, -0.05) is 6.08 Å². The van der Waals surface area contributed by atoms with E-state index in [1.165, 1.54) is 0 Å². The first-order valence-corrected chi connectivity index (χ1v) is 9.49. The fourth-order valence-corrected chi connectivity index (χ4v) is 2.70. The quantitative estimate of drug-likeness (QED) is 0.272. The number of ether oxygens (including phenoxy) is 2. The van der Waals surface area contributed by atoms with Crippen LogP contribution in [0, 0.1) is 0 Å². The average Bonchev–Trinajstić information content (AvgIpc) is 2.62. The lowest BCUT2D eigenvalue weighted by molar-refractivity contribution is 0.104. The van der Waals surface area contributed by atoms with Gasteiger partial charge in [0.1, 0.15) is 11.5 Å². The Hall–Kier alpha value is -3.01. The fourth-order valence-electron chi connectivity index (χ4n) is 2.70. The van der Waals surface area contributed by atoms with Crippen molar-refractivity contribution in [3.05, 3.63) is 71.8 Å². The van der Waals surface area contributed by atoms with E-state index in [4.69, 9.17) is 15.2 Å². The summed E-state index contributed by atoms with van der Waals surface area (Å²) in [5.74, 6) is 1.36. The Labute approximate surface area is 167 Å². The molecule has 0 unspecified atom stereocenters. The van der Waals surface area contributed by atoms with E-state index in [0.717, 1.165) is 16.9 Å². The SMILES string of the molecule is C=CCc1cc(/C=C/C(=O)c2ccc(N)cc2)c(OC(C)C)cc1OC(C)C. The predicted octanol–water partition coefficient (Wildman–Crippen LogP) is 5.47. The van der Waals surface area contributed by atoms with E-state index in [1.807, 2.05) is 45.9 Å². The van der Waals surface area contributed by atoms with Crippen LogP contribution in [-0.4, -0.2) is 18.0 Å². The molecule has 0 aliphatic carbocycles. The van der Waals surface area contributed by atoms with Crippen LogP contribution in [0.3, 0.4) is 0 Å². The van der Waals surface area contributed by atoms with Gasteiger partial charge in [-0.05, 0) is 82.2 Å². The topological polar surface area (TPSA) is 61.6 Å². The molecule has 0 radical (unpaired) electrons. The van der Waals surface area contributed by atoms with Gasteiger partial charge < -0.3 is 15.2 Å². The summed E-state index contributed by atoms with van der Waals surface area (Å²) in [5.41, 5.74) is 8.72. The molecule has 0 spiro atoms. The molecule has 0 bridgehead atoms. The molecule has 0 amide bonds. The number of hydrogen-bond donors (Lipinski definition) is 1. The Morgan fingerprint density at radius 3 is 2.21 bits per heavy atom. The van der Waals surface area contributed by atoms with Crippen molar-refractivity contribution in [2.24, 2.45) is 0 Å². The van der Waals surface area contributed by atoms with Crippen LogP contribution in [0.25, 0.3) is 6.08 Å². The zero-order valence-electron chi connectivity index (χ0n) is 17.1. The Bertz CT molecular complexity index is 849. The molecule has 0 aliphatic rings. The third-order valence-corrected chi connectivity index (χ3v) is 3.89. The fraction of sp³-hybridized carbons (Fsp3) is 0.292. The smallest absolute Gasteiger partial charge is 0.185 e. The molecule has 2 aromatic rings. The number of hydrogen-bond acceptors (Lipinski definition) is 4. The number of nitrogen functional groups attached to an aromatic ring is 1. The maximum absolute atomic E-state index is 12.5. The molecule has 0 saturated carbocycles. The van der Waals surface area contributed by atoms with Crippen molar-refractivity contribution in [2.45, 2.75) is 46.3 Å². The van der Waals surface area contributed by atoms with Crippen LogP contribution in [0.15, 0.2) is 55.1 Å². The van der Waals surface area contributed by atoms with Crippen LogP contribution in [0.2, 0.25) is 0 Å². The molecule has 2 aromatic carbocycles. The van der Waals surface area contributed by atoms with E-state index < -0.39 is 0 Å². The molecule has 0 saturated heterocycles. The number of rotatable bonds is 9. The molecule has 0 aromatic heterocycles. The van der Waals surface area contributed by atoms with E-state index in [1.54, 1.807) is 36.4 Å². The number of benzene rings is 2. The van der Waals surface area contributed by atoms with Gasteiger partial charge in [0.2, 0.25) is 0 Å². The van der Waals surface area contributed by atoms with Crippen LogP contribution < -0.4 is 15.2 Å². The van der Waals surface area contributed by atoms with Crippen molar-refractivity contribution >= 4 is 17.5 Å². The molecule has 0 aliphatic heterocycles. The van der Waals surface area contributed by atoms with Crippen molar-refractivity contribution in [3.63, 3.8) is 0 Å². The van der Waals surface area contributed by atoms with Crippen LogP contribution in [-0.2, 0) is 6.42 Å². The standard InChI is InChI=1S/C24H29NO3/c1-6-7-19-14-20(10-13-22(26)18-8-11-21(25)12-9-18)24(28-17(4)5)15-23(19)27-16(2)3/h6,8-17H,1,7,25H2,2-5H3/b13-10+. The zero-order valence-corrected chi connectivity index (χ0v) is 17.1. The van der Waals surface area contributed by atoms with Crippen LogP contribution >= 0.6 is 0 Å². The van der Waals surface area contributed by atoms with Gasteiger partial charge in [-0.3, -0.25) is 4.79 Å². The Kier molecular flexibility index (Phi) is 7.44. The molecular formula is C24H29NO3. The van der Waals surface area contributed by atoms with Gasteiger partial charge in [0, 0.05) is 22.9 Å². The Morgan fingerprint density at radius 1 is 1.04 bits per heavy atom. The van der Waals surface area contributed by atoms with Crippen LogP contribution in [0.5, 0.6) is 11.5 Å². The van der Waals surface area contributed by atoms with Crippen molar-refractivity contribution in [1.29, 1.82) is 0 Å². The highest BCUT2D eigenvalue weighted by Gasteiger charge is 2.13. The van der Waals surface area contributed by atoms with Gasteiger partial charge >= 0.3 is 0 Å². The maximum atomic E-state index is 12.5. The summed E-state index contributed by atoms with van der Waals surface area (Å²) >= 11 is 0. The molecule has 2 rings (SSSR count). The number of ketones is 1. The van der Waals surface area contributed by atoms with Gasteiger partial charge in [-0.25, -0.2) is 0 Å². The first-order chi connectivity index (χ1) is 13.3. The van der Waals surface area contributed by atoms with E-state index in [9.17, 15) is 4.79 Å². The van der Waals surface area contributed by atoms with Crippen molar-refractivity contribution in [1.82, 2.24) is 0 Å². The van der Waals surface area contributed by atoms with Crippen LogP contribution in [0.1, 0.15) is 49.2 Å². The number of carbonyl (C=O) groups excluding carboxylic acids is 1. The normalized spacial score (nSPS) is 11.2. The van der Waals surface area contributed by atoms with Gasteiger partial charge in [-0.2, -0.15) is 0 Å². The van der Waals surface area contributed by atoms with Gasteiger partial charge in [0.25, 0.3) is 0 Å². The lowest BCUT2D eigenvalue weighted by Crippen LogP contribution is -2.10. The first-order valence-electron chi connectivity index (χ1n) is 9.49. The maximum Gasteiger partial charge on any atom is 0.185 e. The first kappa shape index (κ1) is 21.3. The molecule has 0 heterocycles. The predicted molar refractivity (Wildman–Crippen MR) is 116 cm³/mol. The second-order valence-corrected chi connectivity index (χ2v) is 7.14. The van der Waals surface area contributed by atoms with E-state index in [0.29, 0.717) is 23.4 Å². The molecular weight excluding hydrogens is 350 g/mol. The summed E-state index contributed by atoms with van der Waals surface area (Å²) in [6.07, 6.45) is 5.87. The van der Waals surface area contributed by atoms with E-state index in [-0.39, 0.29) is 18.0 Å². The Morgan fingerprint density at radius 2 is 1.64 bits per heavy atom. The summed E-state index contributed by atoms with van der Waals surface area (Å²) < 4.78 is 11.9. The summed E-state index contributed by atoms with van der Waals surface area (Å²) in [6, 6.07) is 10.8. The summed E-state index contributed by atoms with van der Waals surface area (Å²) in [6.45, 7) is 11.7. The van der Waals surface area contributed by atoms with E-state index >= 15 is 0 Å². The van der Waals surface area contributed by atoms with Gasteiger partial charge in [0.05, 0.1) is 12.2 Å². The van der Waals surface area contributed by atoms with Crippen molar-refractivity contribution in [3.8, 4) is 11.5 Å². The number of carbonyl (C=O) groups is 1. The molecule has 0 fully saturated rings. The lowest BCUT2D eigenvalue weighted by atomic mass is 10.0. The molecule has 148 valence electrons. The second kappa shape index (κ2) is 9.79. The minimum absolute atomic E-state index is 0.00268. The highest BCUT2D eigenvalue weighted by atomic mass is 16.5. The average molecular weight is 380 g/mol. The molecule has 28 heavy (non-hydrogen) atoms. The summed E-state index contributed by atoms with van der Waals surface area (Å²) in [5, 5.41) is 0. The highest BCUT2D eigenvalue weighted by molar-refractivity contribution is 6.07. The minimum Gasteiger partial charge on any atom is -0.491 e. The third-order valence-electron chi connectivity index (χ3n) is 3.89. The van der Waals surface area contributed by atoms with Gasteiger partial charge in [0.15, 0.2) is 5.78 Å². The number of allylic oxidation sites excluding steroid dienone is 2. The monoisotopic (exact) mass is 379 g/mol. The summed E-state index contributed by atoms with van der Waals surface area (Å²) in [4.78, 5) is 12.5. The molecule has 0 atom stereocenters.